The van der Waals surface area contributed by atoms with Gasteiger partial charge in [0.1, 0.15) is 5.75 Å². The van der Waals surface area contributed by atoms with E-state index < -0.39 is 0 Å². The molecule has 5 nitrogen and oxygen atoms in total. The molecule has 3 aromatic rings. The van der Waals surface area contributed by atoms with Gasteiger partial charge in [-0.25, -0.2) is 0 Å². The minimum absolute atomic E-state index is 0.0857. The lowest BCUT2D eigenvalue weighted by Crippen LogP contribution is -2.48. The molecule has 0 N–H and O–H groups in total. The average Bonchev–Trinajstić information content (AvgIpc) is 2.74. The van der Waals surface area contributed by atoms with E-state index in [4.69, 9.17) is 4.74 Å². The number of piperazine rings is 1. The fourth-order valence-corrected chi connectivity index (χ4v) is 3.88. The molecule has 1 fully saturated rings. The topological polar surface area (TPSA) is 45.7 Å². The zero-order valence-corrected chi connectivity index (χ0v) is 17.3. The maximum Gasteiger partial charge on any atom is 0.255 e. The van der Waals surface area contributed by atoms with Gasteiger partial charge in [0.05, 0.1) is 23.9 Å². The number of carbonyl (C=O) groups excluding carboxylic acids is 1. The number of methoxy groups -OCH3 is 1. The van der Waals surface area contributed by atoms with E-state index >= 15 is 0 Å². The average molecular weight is 389 g/mol. The Morgan fingerprint density at radius 2 is 1.72 bits per heavy atom. The Morgan fingerprint density at radius 3 is 2.41 bits per heavy atom. The van der Waals surface area contributed by atoms with E-state index in [1.807, 2.05) is 36.1 Å². The highest BCUT2D eigenvalue weighted by molar-refractivity contribution is 5.98. The van der Waals surface area contributed by atoms with Crippen molar-refractivity contribution in [1.29, 1.82) is 0 Å². The lowest BCUT2D eigenvalue weighted by molar-refractivity contribution is 0.0627. The van der Waals surface area contributed by atoms with Gasteiger partial charge >= 0.3 is 0 Å². The van der Waals surface area contributed by atoms with Crippen LogP contribution in [0.2, 0.25) is 0 Å². The maximum absolute atomic E-state index is 13.1. The van der Waals surface area contributed by atoms with Gasteiger partial charge < -0.3 is 9.64 Å². The van der Waals surface area contributed by atoms with Crippen molar-refractivity contribution in [2.24, 2.45) is 0 Å². The SMILES string of the molecule is COc1ccc(CN2CCN(C(=O)c3cc4cc(C)ccc4nc3C)CC2)cc1. The van der Waals surface area contributed by atoms with Gasteiger partial charge in [0.15, 0.2) is 0 Å². The molecule has 29 heavy (non-hydrogen) atoms. The van der Waals surface area contributed by atoms with Crippen LogP contribution in [-0.4, -0.2) is 54.0 Å². The van der Waals surface area contributed by atoms with Crippen LogP contribution in [0.1, 0.15) is 27.2 Å². The highest BCUT2D eigenvalue weighted by Crippen LogP contribution is 2.20. The highest BCUT2D eigenvalue weighted by atomic mass is 16.5. The van der Waals surface area contributed by atoms with Crippen LogP contribution in [0.15, 0.2) is 48.5 Å². The molecule has 0 saturated carbocycles. The van der Waals surface area contributed by atoms with Crippen molar-refractivity contribution in [3.05, 3.63) is 70.9 Å². The number of ether oxygens (including phenoxy) is 1. The Kier molecular flexibility index (Phi) is 5.49. The van der Waals surface area contributed by atoms with Crippen LogP contribution in [0.3, 0.4) is 0 Å². The molecule has 0 atom stereocenters. The highest BCUT2D eigenvalue weighted by Gasteiger charge is 2.24. The second-order valence-corrected chi connectivity index (χ2v) is 7.73. The molecule has 0 bridgehead atoms. The molecule has 5 heteroatoms. The number of hydrogen-bond acceptors (Lipinski definition) is 4. The van der Waals surface area contributed by atoms with Crippen molar-refractivity contribution in [3.63, 3.8) is 0 Å². The number of nitrogens with zero attached hydrogens (tertiary/aromatic N) is 3. The largest absolute Gasteiger partial charge is 0.497 e. The second kappa shape index (κ2) is 8.21. The van der Waals surface area contributed by atoms with Crippen LogP contribution in [0.4, 0.5) is 0 Å². The molecule has 1 aliphatic rings. The molecule has 0 unspecified atom stereocenters. The third-order valence-electron chi connectivity index (χ3n) is 5.62. The number of aromatic nitrogens is 1. The monoisotopic (exact) mass is 389 g/mol. The Bertz CT molecular complexity index is 1020. The lowest BCUT2D eigenvalue weighted by Gasteiger charge is -2.35. The number of aryl methyl sites for hydroxylation is 2. The van der Waals surface area contributed by atoms with Gasteiger partial charge in [0.2, 0.25) is 0 Å². The third kappa shape index (κ3) is 4.25. The summed E-state index contributed by atoms with van der Waals surface area (Å²) in [5, 5.41) is 1.03. The van der Waals surface area contributed by atoms with Crippen LogP contribution < -0.4 is 4.74 Å². The van der Waals surface area contributed by atoms with Gasteiger partial charge in [0.25, 0.3) is 5.91 Å². The minimum atomic E-state index is 0.0857. The van der Waals surface area contributed by atoms with E-state index in [2.05, 4.69) is 41.1 Å². The summed E-state index contributed by atoms with van der Waals surface area (Å²) < 4.78 is 5.22. The van der Waals surface area contributed by atoms with E-state index in [0.29, 0.717) is 5.56 Å². The number of pyridine rings is 1. The summed E-state index contributed by atoms with van der Waals surface area (Å²) >= 11 is 0. The van der Waals surface area contributed by atoms with Crippen LogP contribution in [0.25, 0.3) is 10.9 Å². The smallest absolute Gasteiger partial charge is 0.255 e. The molecule has 2 aromatic carbocycles. The van der Waals surface area contributed by atoms with Crippen molar-refractivity contribution in [1.82, 2.24) is 14.8 Å². The first-order valence-electron chi connectivity index (χ1n) is 10.1. The summed E-state index contributed by atoms with van der Waals surface area (Å²) in [6, 6.07) is 16.3. The van der Waals surface area contributed by atoms with Gasteiger partial charge in [-0.3, -0.25) is 14.7 Å². The van der Waals surface area contributed by atoms with Crippen molar-refractivity contribution in [3.8, 4) is 5.75 Å². The first-order valence-corrected chi connectivity index (χ1v) is 10.1. The number of hydrogen-bond donors (Lipinski definition) is 0. The zero-order valence-electron chi connectivity index (χ0n) is 17.3. The van der Waals surface area contributed by atoms with Gasteiger partial charge in [0, 0.05) is 38.1 Å². The molecule has 1 aromatic heterocycles. The molecule has 150 valence electrons. The maximum atomic E-state index is 13.1. The zero-order chi connectivity index (χ0) is 20.4. The van der Waals surface area contributed by atoms with E-state index in [1.165, 1.54) is 11.1 Å². The molecule has 0 spiro atoms. The Morgan fingerprint density at radius 1 is 1.00 bits per heavy atom. The van der Waals surface area contributed by atoms with Gasteiger partial charge in [-0.2, -0.15) is 0 Å². The van der Waals surface area contributed by atoms with Gasteiger partial charge in [-0.15, -0.1) is 0 Å². The number of fused-ring (bicyclic) bond motifs is 1. The second-order valence-electron chi connectivity index (χ2n) is 7.73. The summed E-state index contributed by atoms with van der Waals surface area (Å²) in [7, 11) is 1.68. The molecule has 0 radical (unpaired) electrons. The number of benzene rings is 2. The van der Waals surface area contributed by atoms with E-state index in [-0.39, 0.29) is 5.91 Å². The van der Waals surface area contributed by atoms with E-state index in [0.717, 1.165) is 55.1 Å². The summed E-state index contributed by atoms with van der Waals surface area (Å²) in [6.07, 6.45) is 0. The molecular formula is C24H27N3O2. The first-order chi connectivity index (χ1) is 14.0. The van der Waals surface area contributed by atoms with Crippen LogP contribution in [0, 0.1) is 13.8 Å². The van der Waals surface area contributed by atoms with Crippen molar-refractivity contribution in [2.45, 2.75) is 20.4 Å². The fraction of sp³-hybridized carbons (Fsp3) is 0.333. The Labute approximate surface area is 171 Å². The van der Waals surface area contributed by atoms with Crippen molar-refractivity contribution in [2.75, 3.05) is 33.3 Å². The summed E-state index contributed by atoms with van der Waals surface area (Å²) in [5.41, 5.74) is 4.89. The summed E-state index contributed by atoms with van der Waals surface area (Å²) in [4.78, 5) is 22.1. The molecule has 1 aliphatic heterocycles. The van der Waals surface area contributed by atoms with Crippen molar-refractivity contribution < 1.29 is 9.53 Å². The molecule has 0 aliphatic carbocycles. The molecule has 2 heterocycles. The molecule has 4 rings (SSSR count). The molecule has 1 saturated heterocycles. The number of rotatable bonds is 4. The standard InChI is InChI=1S/C24H27N3O2/c1-17-4-9-23-20(14-17)15-22(18(2)25-23)24(28)27-12-10-26(11-13-27)16-19-5-7-21(29-3)8-6-19/h4-9,14-15H,10-13,16H2,1-3H3. The summed E-state index contributed by atoms with van der Waals surface area (Å²) in [5.74, 6) is 0.959. The van der Waals surface area contributed by atoms with Crippen LogP contribution >= 0.6 is 0 Å². The number of amides is 1. The summed E-state index contributed by atoms with van der Waals surface area (Å²) in [6.45, 7) is 8.09. The minimum Gasteiger partial charge on any atom is -0.497 e. The first kappa shape index (κ1) is 19.4. The number of carbonyl (C=O) groups is 1. The van der Waals surface area contributed by atoms with Crippen molar-refractivity contribution >= 4 is 16.8 Å². The molecular weight excluding hydrogens is 362 g/mol. The predicted octanol–water partition coefficient (Wildman–Crippen LogP) is 3.82. The fourth-order valence-electron chi connectivity index (χ4n) is 3.88. The van der Waals surface area contributed by atoms with E-state index in [1.54, 1.807) is 7.11 Å². The van der Waals surface area contributed by atoms with Crippen LogP contribution in [-0.2, 0) is 6.54 Å². The van der Waals surface area contributed by atoms with Gasteiger partial charge in [-0.1, -0.05) is 23.8 Å². The normalized spacial score (nSPS) is 14.9. The Hall–Kier alpha value is -2.92. The third-order valence-corrected chi connectivity index (χ3v) is 5.62. The van der Waals surface area contributed by atoms with E-state index in [9.17, 15) is 4.79 Å². The Balaban J connectivity index is 1.42. The predicted molar refractivity (Wildman–Crippen MR) is 115 cm³/mol. The molecule has 1 amide bonds. The quantitative estimate of drug-likeness (QED) is 0.681. The lowest BCUT2D eigenvalue weighted by atomic mass is 10.1. The van der Waals surface area contributed by atoms with Crippen LogP contribution in [0.5, 0.6) is 5.75 Å². The van der Waals surface area contributed by atoms with Gasteiger partial charge in [-0.05, 0) is 49.7 Å².